The van der Waals surface area contributed by atoms with E-state index in [0.29, 0.717) is 10.8 Å². The predicted octanol–water partition coefficient (Wildman–Crippen LogP) is 8.63. The summed E-state index contributed by atoms with van der Waals surface area (Å²) >= 11 is 0. The third-order valence-electron chi connectivity index (χ3n) is 9.61. The van der Waals surface area contributed by atoms with E-state index in [0.717, 1.165) is 17.8 Å². The molecule has 0 radical (unpaired) electrons. The Balaban J connectivity index is 1.58. The van der Waals surface area contributed by atoms with Crippen LogP contribution in [0.5, 0.6) is 0 Å². The summed E-state index contributed by atoms with van der Waals surface area (Å²) in [5.41, 5.74) is 8.70. The largest absolute Gasteiger partial charge is 0.0675 e. The molecule has 0 aromatic heterocycles. The molecular weight excluding hydrogens is 324 g/mol. The average molecular weight is 369 g/mol. The van der Waals surface area contributed by atoms with E-state index in [-0.39, 0.29) is 0 Å². The van der Waals surface area contributed by atoms with Gasteiger partial charge >= 0.3 is 0 Å². The molecule has 0 unspecified atom stereocenters. The molecule has 152 valence electrons. The Morgan fingerprint density at radius 3 is 2.44 bits per heavy atom. The number of rotatable bonds is 5. The van der Waals surface area contributed by atoms with Gasteiger partial charge in [-0.25, -0.2) is 0 Å². The summed E-state index contributed by atoms with van der Waals surface area (Å²) in [6.45, 7) is 12.5. The summed E-state index contributed by atoms with van der Waals surface area (Å²) in [6, 6.07) is 0. The van der Waals surface area contributed by atoms with Crippen LogP contribution in [0.15, 0.2) is 22.3 Å². The maximum atomic E-state index is 2.66. The molecule has 1 fully saturated rings. The fourth-order valence-electron chi connectivity index (χ4n) is 7.88. The van der Waals surface area contributed by atoms with Crippen molar-refractivity contribution in [2.75, 3.05) is 0 Å². The van der Waals surface area contributed by atoms with Crippen LogP contribution in [0.1, 0.15) is 118 Å². The van der Waals surface area contributed by atoms with Gasteiger partial charge in [0, 0.05) is 5.41 Å². The van der Waals surface area contributed by atoms with Crippen molar-refractivity contribution < 1.29 is 0 Å². The number of allylic oxidation sites excluding steroid dienone is 4. The topological polar surface area (TPSA) is 0 Å². The van der Waals surface area contributed by atoms with Crippen molar-refractivity contribution in [1.29, 1.82) is 0 Å². The van der Waals surface area contributed by atoms with Gasteiger partial charge in [-0.1, -0.05) is 75.7 Å². The van der Waals surface area contributed by atoms with Crippen LogP contribution in [0.4, 0.5) is 0 Å². The van der Waals surface area contributed by atoms with Gasteiger partial charge in [0.1, 0.15) is 0 Å². The van der Waals surface area contributed by atoms with Crippen molar-refractivity contribution in [1.82, 2.24) is 0 Å². The molecule has 0 saturated heterocycles. The molecule has 27 heavy (non-hydrogen) atoms. The molecule has 4 aliphatic rings. The van der Waals surface area contributed by atoms with E-state index in [1.165, 1.54) is 83.5 Å². The molecular formula is C27H44. The maximum Gasteiger partial charge on any atom is 0.0129 e. The van der Waals surface area contributed by atoms with E-state index in [9.17, 15) is 0 Å². The predicted molar refractivity (Wildman–Crippen MR) is 118 cm³/mol. The lowest BCUT2D eigenvalue weighted by Crippen LogP contribution is -2.36. The molecule has 1 spiro atoms. The van der Waals surface area contributed by atoms with Crippen molar-refractivity contribution in [3.8, 4) is 0 Å². The first-order valence-electron chi connectivity index (χ1n) is 12.3. The first-order valence-corrected chi connectivity index (χ1v) is 12.3. The molecule has 0 bridgehead atoms. The summed E-state index contributed by atoms with van der Waals surface area (Å²) in [6.07, 6.45) is 18.8. The Bertz CT molecular complexity index is 632. The van der Waals surface area contributed by atoms with Crippen molar-refractivity contribution in [2.45, 2.75) is 118 Å². The van der Waals surface area contributed by atoms with Crippen LogP contribution in [-0.4, -0.2) is 0 Å². The minimum atomic E-state index is 0.502. The van der Waals surface area contributed by atoms with Gasteiger partial charge in [-0.2, -0.15) is 0 Å². The van der Waals surface area contributed by atoms with Gasteiger partial charge in [-0.3, -0.25) is 0 Å². The minimum absolute atomic E-state index is 0.502. The first-order chi connectivity index (χ1) is 12.9. The van der Waals surface area contributed by atoms with Crippen molar-refractivity contribution in [3.63, 3.8) is 0 Å². The summed E-state index contributed by atoms with van der Waals surface area (Å²) < 4.78 is 0. The van der Waals surface area contributed by atoms with Crippen LogP contribution >= 0.6 is 0 Å². The molecule has 0 amide bonds. The van der Waals surface area contributed by atoms with Crippen molar-refractivity contribution in [2.24, 2.45) is 28.6 Å². The molecule has 0 aromatic carbocycles. The zero-order chi connectivity index (χ0) is 19.2. The van der Waals surface area contributed by atoms with Gasteiger partial charge in [0.15, 0.2) is 0 Å². The Kier molecular flexibility index (Phi) is 5.41. The van der Waals surface area contributed by atoms with E-state index < -0.39 is 0 Å². The molecule has 0 heteroatoms. The summed E-state index contributed by atoms with van der Waals surface area (Å²) in [5.74, 6) is 2.67. The van der Waals surface area contributed by atoms with Gasteiger partial charge in [0.25, 0.3) is 0 Å². The molecule has 4 rings (SSSR count). The molecule has 0 N–H and O–H groups in total. The smallest absolute Gasteiger partial charge is 0.0129 e. The Morgan fingerprint density at radius 1 is 0.889 bits per heavy atom. The van der Waals surface area contributed by atoms with Gasteiger partial charge in [-0.15, -0.1) is 0 Å². The highest BCUT2D eigenvalue weighted by Crippen LogP contribution is 2.66. The second-order valence-corrected chi connectivity index (χ2v) is 11.3. The van der Waals surface area contributed by atoms with E-state index in [4.69, 9.17) is 0 Å². The Hall–Kier alpha value is -0.520. The summed E-state index contributed by atoms with van der Waals surface area (Å²) in [7, 11) is 0. The van der Waals surface area contributed by atoms with Gasteiger partial charge in [0.05, 0.1) is 0 Å². The fourth-order valence-corrected chi connectivity index (χ4v) is 7.88. The van der Waals surface area contributed by atoms with E-state index in [2.05, 4.69) is 34.6 Å². The molecule has 4 aliphatic carbocycles. The van der Waals surface area contributed by atoms with Gasteiger partial charge in [-0.05, 0) is 87.9 Å². The minimum Gasteiger partial charge on any atom is -0.0675 e. The zero-order valence-corrected chi connectivity index (χ0v) is 18.9. The normalized spacial score (nSPS) is 37.3. The number of fused-ring (bicyclic) bond motifs is 3. The average Bonchev–Trinajstić information content (AvgIpc) is 3.17. The summed E-state index contributed by atoms with van der Waals surface area (Å²) in [5, 5.41) is 0. The molecule has 0 nitrogen and oxygen atoms in total. The highest BCUT2D eigenvalue weighted by atomic mass is 14.6. The van der Waals surface area contributed by atoms with Crippen LogP contribution in [0.25, 0.3) is 0 Å². The lowest BCUT2D eigenvalue weighted by molar-refractivity contribution is 0.132. The Labute approximate surface area is 169 Å². The second kappa shape index (κ2) is 7.38. The highest BCUT2D eigenvalue weighted by Gasteiger charge is 2.53. The van der Waals surface area contributed by atoms with Crippen molar-refractivity contribution in [3.05, 3.63) is 22.3 Å². The second-order valence-electron chi connectivity index (χ2n) is 11.3. The van der Waals surface area contributed by atoms with Crippen molar-refractivity contribution >= 4 is 0 Å². The SMILES string of the molecule is CC1=C([C@H](C)CCCC(C)C)CC[C@]12CCC1=C2CC[C@H]2CCCC[C@]12C. The van der Waals surface area contributed by atoms with Crippen LogP contribution in [0.2, 0.25) is 0 Å². The maximum absolute atomic E-state index is 2.66. The third-order valence-corrected chi connectivity index (χ3v) is 9.61. The lowest BCUT2D eigenvalue weighted by Gasteiger charge is -2.48. The standard InChI is InChI=1S/C27H44/c1-19(2)9-8-10-20(3)23-14-17-27(21(23)4)18-15-24-25(27)13-12-22-11-6-7-16-26(22,24)5/h19-20,22H,6-18H2,1-5H3/t20-,22-,26+,27+/m1/s1. The molecule has 4 atom stereocenters. The highest BCUT2D eigenvalue weighted by molar-refractivity contribution is 5.46. The molecule has 1 saturated carbocycles. The van der Waals surface area contributed by atoms with Crippen LogP contribution in [0.3, 0.4) is 0 Å². The third kappa shape index (κ3) is 3.18. The number of hydrogen-bond acceptors (Lipinski definition) is 0. The summed E-state index contributed by atoms with van der Waals surface area (Å²) in [4.78, 5) is 0. The van der Waals surface area contributed by atoms with Crippen LogP contribution < -0.4 is 0 Å². The van der Waals surface area contributed by atoms with Gasteiger partial charge < -0.3 is 0 Å². The molecule has 0 aliphatic heterocycles. The van der Waals surface area contributed by atoms with E-state index in [1.54, 1.807) is 0 Å². The van der Waals surface area contributed by atoms with Crippen LogP contribution in [-0.2, 0) is 0 Å². The number of hydrogen-bond donors (Lipinski definition) is 0. The van der Waals surface area contributed by atoms with E-state index >= 15 is 0 Å². The quantitative estimate of drug-likeness (QED) is 0.426. The van der Waals surface area contributed by atoms with Gasteiger partial charge in [0.2, 0.25) is 0 Å². The van der Waals surface area contributed by atoms with Crippen LogP contribution in [0, 0.1) is 28.6 Å². The zero-order valence-electron chi connectivity index (χ0n) is 18.9. The molecule has 0 aromatic rings. The Morgan fingerprint density at radius 2 is 1.67 bits per heavy atom. The molecule has 0 heterocycles. The monoisotopic (exact) mass is 368 g/mol. The lowest BCUT2D eigenvalue weighted by atomic mass is 9.57. The van der Waals surface area contributed by atoms with E-state index in [1.807, 2.05) is 22.3 Å². The fraction of sp³-hybridized carbons (Fsp3) is 0.852. The first kappa shape index (κ1) is 19.8.